The Labute approximate surface area is 87.0 Å². The van der Waals surface area contributed by atoms with E-state index in [9.17, 15) is 9.90 Å². The SMILES string of the molecule is C=C(C)[C@@H]1CC[C@@H](C)C(=O)C1O.CC. The standard InChI is InChI=1S/C10H16O2.C2H6/c1-6(2)8-5-4-7(3)9(11)10(8)12;1-2/h7-8,10,12H,1,4-5H2,2-3H3;1-2H3/t7-,8+,10?;/m1./s1. The Bertz CT molecular complexity index is 208. The maximum absolute atomic E-state index is 11.3. The van der Waals surface area contributed by atoms with Gasteiger partial charge in [0, 0.05) is 11.8 Å². The van der Waals surface area contributed by atoms with Crippen molar-refractivity contribution in [2.24, 2.45) is 11.8 Å². The first-order valence-corrected chi connectivity index (χ1v) is 5.41. The largest absolute Gasteiger partial charge is 0.385 e. The Kier molecular flexibility index (Phi) is 5.70. The summed E-state index contributed by atoms with van der Waals surface area (Å²) in [5.41, 5.74) is 0.919. The second-order valence-corrected chi connectivity index (χ2v) is 3.78. The predicted octanol–water partition coefficient (Wildman–Crippen LogP) is 2.56. The fourth-order valence-corrected chi connectivity index (χ4v) is 1.74. The molecule has 2 heteroatoms. The quantitative estimate of drug-likeness (QED) is 0.657. The van der Waals surface area contributed by atoms with Crippen molar-refractivity contribution < 1.29 is 9.90 Å². The molecular formula is C12H22O2. The number of carbonyl (C=O) groups excluding carboxylic acids is 1. The summed E-state index contributed by atoms with van der Waals surface area (Å²) in [4.78, 5) is 11.3. The van der Waals surface area contributed by atoms with Crippen molar-refractivity contribution in [2.45, 2.75) is 46.6 Å². The summed E-state index contributed by atoms with van der Waals surface area (Å²) in [7, 11) is 0. The Hall–Kier alpha value is -0.630. The van der Waals surface area contributed by atoms with Crippen molar-refractivity contribution in [3.63, 3.8) is 0 Å². The van der Waals surface area contributed by atoms with E-state index in [4.69, 9.17) is 0 Å². The lowest BCUT2D eigenvalue weighted by molar-refractivity contribution is -0.135. The number of ketones is 1. The maximum Gasteiger partial charge on any atom is 0.164 e. The summed E-state index contributed by atoms with van der Waals surface area (Å²) in [6.45, 7) is 11.5. The lowest BCUT2D eigenvalue weighted by Crippen LogP contribution is -2.38. The zero-order chi connectivity index (χ0) is 11.3. The average molecular weight is 198 g/mol. The van der Waals surface area contributed by atoms with Crippen LogP contribution in [0.3, 0.4) is 0 Å². The van der Waals surface area contributed by atoms with E-state index in [1.165, 1.54) is 0 Å². The van der Waals surface area contributed by atoms with Crippen LogP contribution in [0.5, 0.6) is 0 Å². The first-order valence-electron chi connectivity index (χ1n) is 5.41. The first-order chi connectivity index (χ1) is 6.54. The van der Waals surface area contributed by atoms with E-state index in [1.807, 2.05) is 27.7 Å². The van der Waals surface area contributed by atoms with Crippen molar-refractivity contribution in [3.8, 4) is 0 Å². The summed E-state index contributed by atoms with van der Waals surface area (Å²) in [5, 5.41) is 9.57. The average Bonchev–Trinajstić information content (AvgIpc) is 2.17. The molecule has 0 saturated heterocycles. The van der Waals surface area contributed by atoms with E-state index in [0.717, 1.165) is 18.4 Å². The number of hydrogen-bond acceptors (Lipinski definition) is 2. The monoisotopic (exact) mass is 198 g/mol. The topological polar surface area (TPSA) is 37.3 Å². The minimum absolute atomic E-state index is 0.00583. The van der Waals surface area contributed by atoms with Crippen LogP contribution >= 0.6 is 0 Å². The Morgan fingerprint density at radius 1 is 1.43 bits per heavy atom. The van der Waals surface area contributed by atoms with Gasteiger partial charge in [-0.3, -0.25) is 4.79 Å². The molecule has 0 aromatic heterocycles. The van der Waals surface area contributed by atoms with E-state index < -0.39 is 6.10 Å². The molecule has 1 aliphatic carbocycles. The summed E-state index contributed by atoms with van der Waals surface area (Å²) in [6.07, 6.45) is 0.975. The molecule has 0 aliphatic heterocycles. The van der Waals surface area contributed by atoms with Gasteiger partial charge in [-0.2, -0.15) is 0 Å². The molecule has 1 saturated carbocycles. The summed E-state index contributed by atoms with van der Waals surface area (Å²) < 4.78 is 0. The van der Waals surface area contributed by atoms with Crippen LogP contribution < -0.4 is 0 Å². The Balaban J connectivity index is 0.000000791. The second kappa shape index (κ2) is 5.97. The first kappa shape index (κ1) is 13.4. The van der Waals surface area contributed by atoms with Crippen LogP contribution in [-0.2, 0) is 4.79 Å². The lowest BCUT2D eigenvalue weighted by atomic mass is 9.77. The molecule has 1 unspecified atom stereocenters. The van der Waals surface area contributed by atoms with Gasteiger partial charge in [0.2, 0.25) is 0 Å². The van der Waals surface area contributed by atoms with Crippen molar-refractivity contribution in [3.05, 3.63) is 12.2 Å². The van der Waals surface area contributed by atoms with Gasteiger partial charge in [-0.25, -0.2) is 0 Å². The molecule has 1 rings (SSSR count). The highest BCUT2D eigenvalue weighted by Gasteiger charge is 2.34. The molecule has 0 bridgehead atoms. The zero-order valence-corrected chi connectivity index (χ0v) is 9.71. The van der Waals surface area contributed by atoms with Crippen molar-refractivity contribution in [2.75, 3.05) is 0 Å². The molecule has 1 aliphatic rings. The van der Waals surface area contributed by atoms with Gasteiger partial charge in [0.25, 0.3) is 0 Å². The van der Waals surface area contributed by atoms with Crippen LogP contribution in [0.25, 0.3) is 0 Å². The number of aliphatic hydroxyl groups excluding tert-OH is 1. The fourth-order valence-electron chi connectivity index (χ4n) is 1.74. The van der Waals surface area contributed by atoms with E-state index in [2.05, 4.69) is 6.58 Å². The molecule has 0 heterocycles. The zero-order valence-electron chi connectivity index (χ0n) is 9.71. The third-order valence-corrected chi connectivity index (χ3v) is 2.70. The van der Waals surface area contributed by atoms with Crippen LogP contribution in [0.4, 0.5) is 0 Å². The molecule has 2 nitrogen and oxygen atoms in total. The number of hydrogen-bond donors (Lipinski definition) is 1. The van der Waals surface area contributed by atoms with Crippen molar-refractivity contribution in [1.82, 2.24) is 0 Å². The van der Waals surface area contributed by atoms with Crippen LogP contribution in [-0.4, -0.2) is 17.0 Å². The summed E-state index contributed by atoms with van der Waals surface area (Å²) in [6, 6.07) is 0. The van der Waals surface area contributed by atoms with Gasteiger partial charge in [-0.15, -0.1) is 0 Å². The van der Waals surface area contributed by atoms with Gasteiger partial charge < -0.3 is 5.11 Å². The molecule has 0 amide bonds. The molecular weight excluding hydrogens is 176 g/mol. The molecule has 0 radical (unpaired) electrons. The number of aliphatic hydroxyl groups is 1. The third-order valence-electron chi connectivity index (χ3n) is 2.70. The van der Waals surface area contributed by atoms with E-state index >= 15 is 0 Å². The molecule has 14 heavy (non-hydrogen) atoms. The minimum Gasteiger partial charge on any atom is -0.385 e. The Morgan fingerprint density at radius 3 is 2.36 bits per heavy atom. The number of carbonyl (C=O) groups is 1. The highest BCUT2D eigenvalue weighted by atomic mass is 16.3. The summed E-state index contributed by atoms with van der Waals surface area (Å²) >= 11 is 0. The van der Waals surface area contributed by atoms with Crippen LogP contribution in [0.1, 0.15) is 40.5 Å². The van der Waals surface area contributed by atoms with Gasteiger partial charge in [-0.1, -0.05) is 32.9 Å². The van der Waals surface area contributed by atoms with E-state index in [1.54, 1.807) is 0 Å². The number of Topliss-reactive ketones (excluding diaryl/α,β-unsaturated/α-hetero) is 1. The van der Waals surface area contributed by atoms with Crippen molar-refractivity contribution in [1.29, 1.82) is 0 Å². The van der Waals surface area contributed by atoms with Crippen molar-refractivity contribution >= 4 is 5.78 Å². The van der Waals surface area contributed by atoms with Gasteiger partial charge >= 0.3 is 0 Å². The van der Waals surface area contributed by atoms with E-state index in [0.29, 0.717) is 0 Å². The highest BCUT2D eigenvalue weighted by molar-refractivity contribution is 5.86. The van der Waals surface area contributed by atoms with Gasteiger partial charge in [0.1, 0.15) is 6.10 Å². The Morgan fingerprint density at radius 2 is 1.93 bits per heavy atom. The normalized spacial score (nSPS) is 31.8. The lowest BCUT2D eigenvalue weighted by Gasteiger charge is -2.30. The predicted molar refractivity (Wildman–Crippen MR) is 59.1 cm³/mol. The molecule has 82 valence electrons. The number of rotatable bonds is 1. The maximum atomic E-state index is 11.3. The van der Waals surface area contributed by atoms with Crippen LogP contribution in [0, 0.1) is 11.8 Å². The fraction of sp³-hybridized carbons (Fsp3) is 0.750. The minimum atomic E-state index is -0.800. The van der Waals surface area contributed by atoms with E-state index in [-0.39, 0.29) is 17.6 Å². The molecule has 1 N–H and O–H groups in total. The van der Waals surface area contributed by atoms with Crippen LogP contribution in [0.2, 0.25) is 0 Å². The second-order valence-electron chi connectivity index (χ2n) is 3.78. The summed E-state index contributed by atoms with van der Waals surface area (Å²) in [5.74, 6) is -0.00134. The van der Waals surface area contributed by atoms with Crippen LogP contribution in [0.15, 0.2) is 12.2 Å². The molecule has 3 atom stereocenters. The third kappa shape index (κ3) is 2.95. The van der Waals surface area contributed by atoms with Gasteiger partial charge in [0.05, 0.1) is 0 Å². The smallest absolute Gasteiger partial charge is 0.164 e. The molecule has 0 aromatic rings. The molecule has 0 spiro atoms. The van der Waals surface area contributed by atoms with Gasteiger partial charge in [0.15, 0.2) is 5.78 Å². The highest BCUT2D eigenvalue weighted by Crippen LogP contribution is 2.30. The molecule has 1 fully saturated rings. The van der Waals surface area contributed by atoms with Gasteiger partial charge in [-0.05, 0) is 19.8 Å². The molecule has 0 aromatic carbocycles.